The molecule has 0 spiro atoms. The molecule has 2 heterocycles. The van der Waals surface area contributed by atoms with Crippen molar-refractivity contribution in [3.8, 4) is 5.75 Å². The largest absolute Gasteiger partial charge is 0.494 e. The second-order valence-electron chi connectivity index (χ2n) is 8.80. The summed E-state index contributed by atoms with van der Waals surface area (Å²) in [5, 5.41) is 16.0. The van der Waals surface area contributed by atoms with Gasteiger partial charge in [0.05, 0.1) is 43.0 Å². The molecule has 5 rings (SSSR count). The van der Waals surface area contributed by atoms with E-state index in [0.717, 1.165) is 36.0 Å². The molecule has 0 saturated heterocycles. The van der Waals surface area contributed by atoms with Crippen LogP contribution in [0.1, 0.15) is 56.1 Å². The minimum Gasteiger partial charge on any atom is -0.494 e. The van der Waals surface area contributed by atoms with E-state index in [2.05, 4.69) is 30.8 Å². The van der Waals surface area contributed by atoms with E-state index in [-0.39, 0.29) is 23.7 Å². The Kier molecular flexibility index (Phi) is 6.79. The molecule has 1 aliphatic carbocycles. The number of fused-ring (bicyclic) bond motifs is 1. The molecule has 11 heteroatoms. The lowest BCUT2D eigenvalue weighted by atomic mass is 9.84. The number of ether oxygens (including phenoxy) is 2. The molecule has 0 radical (unpaired) electrons. The van der Waals surface area contributed by atoms with Crippen LogP contribution in [0.4, 0.5) is 10.1 Å². The maximum absolute atomic E-state index is 14.8. The molecule has 188 valence electrons. The Bertz CT molecular complexity index is 1350. The van der Waals surface area contributed by atoms with Crippen LogP contribution in [-0.4, -0.2) is 49.9 Å². The van der Waals surface area contributed by atoms with E-state index in [0.29, 0.717) is 24.4 Å². The summed E-state index contributed by atoms with van der Waals surface area (Å²) in [6.07, 6.45) is 4.96. The van der Waals surface area contributed by atoms with Crippen LogP contribution in [0.3, 0.4) is 0 Å². The van der Waals surface area contributed by atoms with Crippen molar-refractivity contribution in [1.82, 2.24) is 30.2 Å². The first-order valence-electron chi connectivity index (χ1n) is 12.1. The summed E-state index contributed by atoms with van der Waals surface area (Å²) in [6, 6.07) is 9.61. The summed E-state index contributed by atoms with van der Waals surface area (Å²) in [7, 11) is 1.42. The highest BCUT2D eigenvalue weighted by Gasteiger charge is 2.37. The van der Waals surface area contributed by atoms with Crippen molar-refractivity contribution in [1.29, 1.82) is 0 Å². The second-order valence-corrected chi connectivity index (χ2v) is 8.80. The highest BCUT2D eigenvalue weighted by molar-refractivity contribution is 5.79. The minimum absolute atomic E-state index is 0.143. The van der Waals surface area contributed by atoms with Gasteiger partial charge in [0.15, 0.2) is 17.4 Å². The number of imidazole rings is 1. The van der Waals surface area contributed by atoms with Gasteiger partial charge in [0, 0.05) is 5.69 Å². The summed E-state index contributed by atoms with van der Waals surface area (Å²) in [5.74, 6) is -0.472. The van der Waals surface area contributed by atoms with E-state index in [1.54, 1.807) is 30.1 Å². The molecular weight excluding hydrogens is 465 g/mol. The fourth-order valence-electron chi connectivity index (χ4n) is 4.90. The Morgan fingerprint density at radius 2 is 2.11 bits per heavy atom. The Hall–Kier alpha value is -4.02. The molecule has 2 aromatic heterocycles. The number of hydrogen-bond donors (Lipinski definition) is 2. The van der Waals surface area contributed by atoms with Crippen LogP contribution >= 0.6 is 0 Å². The van der Waals surface area contributed by atoms with Crippen molar-refractivity contribution in [3.05, 3.63) is 59.9 Å². The zero-order chi connectivity index (χ0) is 25.1. The average molecular weight is 494 g/mol. The summed E-state index contributed by atoms with van der Waals surface area (Å²) in [4.78, 5) is 20.2. The third-order valence-electron chi connectivity index (χ3n) is 6.65. The van der Waals surface area contributed by atoms with E-state index in [1.807, 2.05) is 18.2 Å². The second kappa shape index (κ2) is 10.3. The topological polar surface area (TPSA) is 120 Å². The lowest BCUT2D eigenvalue weighted by Gasteiger charge is -2.31. The van der Waals surface area contributed by atoms with Gasteiger partial charge in [0.2, 0.25) is 0 Å². The van der Waals surface area contributed by atoms with Gasteiger partial charge in [-0.05, 0) is 66.1 Å². The molecule has 1 fully saturated rings. The van der Waals surface area contributed by atoms with Crippen LogP contribution in [-0.2, 0) is 9.53 Å². The molecule has 3 atom stereocenters. The number of rotatable bonds is 8. The van der Waals surface area contributed by atoms with Crippen LogP contribution in [0.15, 0.2) is 42.7 Å². The Labute approximate surface area is 207 Å². The number of anilines is 1. The molecular formula is C25H28FN7O3. The third kappa shape index (κ3) is 4.60. The maximum atomic E-state index is 14.8. The lowest BCUT2D eigenvalue weighted by molar-refractivity contribution is -0.151. The Morgan fingerprint density at radius 1 is 1.25 bits per heavy atom. The average Bonchev–Trinajstić information content (AvgIpc) is 3.57. The van der Waals surface area contributed by atoms with Crippen LogP contribution in [0, 0.1) is 11.7 Å². The summed E-state index contributed by atoms with van der Waals surface area (Å²) >= 11 is 0. The van der Waals surface area contributed by atoms with Gasteiger partial charge < -0.3 is 19.8 Å². The number of aromatic amines is 1. The number of esters is 1. The number of tetrazole rings is 1. The zero-order valence-corrected chi connectivity index (χ0v) is 20.1. The zero-order valence-electron chi connectivity index (χ0n) is 20.1. The number of aromatic nitrogens is 6. The molecule has 2 N–H and O–H groups in total. The van der Waals surface area contributed by atoms with Crippen molar-refractivity contribution < 1.29 is 18.7 Å². The van der Waals surface area contributed by atoms with Gasteiger partial charge in [-0.2, -0.15) is 0 Å². The maximum Gasteiger partial charge on any atom is 0.311 e. The molecule has 36 heavy (non-hydrogen) atoms. The number of methoxy groups -OCH3 is 1. The number of carbonyl (C=O) groups is 1. The molecule has 1 saturated carbocycles. The van der Waals surface area contributed by atoms with Gasteiger partial charge in [0.25, 0.3) is 0 Å². The summed E-state index contributed by atoms with van der Waals surface area (Å²) < 4.78 is 26.9. The summed E-state index contributed by atoms with van der Waals surface area (Å²) in [6.45, 7) is 2.11. The molecule has 10 nitrogen and oxygen atoms in total. The molecule has 0 aliphatic heterocycles. The highest BCUT2D eigenvalue weighted by Crippen LogP contribution is 2.37. The first kappa shape index (κ1) is 23.7. The van der Waals surface area contributed by atoms with E-state index >= 15 is 0 Å². The molecule has 0 amide bonds. The lowest BCUT2D eigenvalue weighted by Crippen LogP contribution is -2.33. The van der Waals surface area contributed by atoms with Crippen molar-refractivity contribution >= 4 is 22.7 Å². The Balaban J connectivity index is 1.56. The molecule has 1 aliphatic rings. The van der Waals surface area contributed by atoms with Crippen molar-refractivity contribution in [2.24, 2.45) is 5.92 Å². The van der Waals surface area contributed by atoms with Gasteiger partial charge >= 0.3 is 5.97 Å². The van der Waals surface area contributed by atoms with Gasteiger partial charge in [0.1, 0.15) is 6.04 Å². The number of benzene rings is 2. The smallest absolute Gasteiger partial charge is 0.311 e. The SMILES string of the molecule is CCOC(=O)C1CCCCC1n1nnnc1C(Nc1ccc2[nH]cnc2c1)c1ccc(OC)c(F)c1. The predicted molar refractivity (Wildman–Crippen MR) is 130 cm³/mol. The van der Waals surface area contributed by atoms with Crippen LogP contribution in [0.25, 0.3) is 11.0 Å². The first-order valence-corrected chi connectivity index (χ1v) is 12.1. The number of halogens is 1. The number of H-pyrrole nitrogens is 1. The van der Waals surface area contributed by atoms with Gasteiger partial charge in [-0.25, -0.2) is 14.1 Å². The highest BCUT2D eigenvalue weighted by atomic mass is 19.1. The Morgan fingerprint density at radius 3 is 2.92 bits per heavy atom. The van der Waals surface area contributed by atoms with E-state index < -0.39 is 11.9 Å². The molecule has 0 bridgehead atoms. The van der Waals surface area contributed by atoms with Gasteiger partial charge in [-0.3, -0.25) is 4.79 Å². The number of nitrogens with zero attached hydrogens (tertiary/aromatic N) is 5. The standard InChI is InChI=1S/C25H28FN7O3/c1-3-36-25(34)17-6-4-5-7-21(17)33-24(30-31-32-33)23(15-8-11-22(35-2)18(26)12-15)29-16-9-10-19-20(13-16)28-14-27-19/h8-14,17,21,23,29H,3-7H2,1-2H3,(H,27,28). The van der Waals surface area contributed by atoms with Crippen LogP contribution in [0.5, 0.6) is 5.75 Å². The number of hydrogen-bond acceptors (Lipinski definition) is 8. The first-order chi connectivity index (χ1) is 17.6. The van der Waals surface area contributed by atoms with Crippen molar-refractivity contribution in [3.63, 3.8) is 0 Å². The fourth-order valence-corrected chi connectivity index (χ4v) is 4.90. The third-order valence-corrected chi connectivity index (χ3v) is 6.65. The van der Waals surface area contributed by atoms with Crippen LogP contribution < -0.4 is 10.1 Å². The predicted octanol–water partition coefficient (Wildman–Crippen LogP) is 4.19. The van der Waals surface area contributed by atoms with Crippen molar-refractivity contribution in [2.75, 3.05) is 19.0 Å². The van der Waals surface area contributed by atoms with Gasteiger partial charge in [-0.15, -0.1) is 5.10 Å². The van der Waals surface area contributed by atoms with E-state index in [4.69, 9.17) is 9.47 Å². The van der Waals surface area contributed by atoms with E-state index in [1.165, 1.54) is 13.2 Å². The van der Waals surface area contributed by atoms with Crippen LogP contribution in [0.2, 0.25) is 0 Å². The fraction of sp³-hybridized carbons (Fsp3) is 0.400. The molecule has 2 aromatic carbocycles. The monoisotopic (exact) mass is 493 g/mol. The van der Waals surface area contributed by atoms with E-state index in [9.17, 15) is 9.18 Å². The number of carbonyl (C=O) groups excluding carboxylic acids is 1. The minimum atomic E-state index is -0.610. The quantitative estimate of drug-likeness (QED) is 0.351. The molecule has 3 unspecified atom stereocenters. The van der Waals surface area contributed by atoms with Crippen molar-refractivity contribution in [2.45, 2.75) is 44.7 Å². The normalized spacial score (nSPS) is 18.6. The summed E-state index contributed by atoms with van der Waals surface area (Å²) in [5.41, 5.74) is 3.05. The molecule has 4 aromatic rings. The number of nitrogens with one attached hydrogen (secondary N) is 2. The van der Waals surface area contributed by atoms with Gasteiger partial charge in [-0.1, -0.05) is 18.9 Å².